The lowest BCUT2D eigenvalue weighted by Crippen LogP contribution is -2.44. The van der Waals surface area contributed by atoms with Crippen LogP contribution in [0.15, 0.2) is 60.7 Å². The van der Waals surface area contributed by atoms with Gasteiger partial charge in [-0.05, 0) is 24.3 Å². The molecule has 2 aromatic rings. The van der Waals surface area contributed by atoms with E-state index in [0.717, 1.165) is 11.4 Å². The number of anilines is 2. The molecule has 0 saturated carbocycles. The molecule has 0 radical (unpaired) electrons. The van der Waals surface area contributed by atoms with Crippen LogP contribution in [0.5, 0.6) is 0 Å². The molecule has 3 rings (SSSR count). The van der Waals surface area contributed by atoms with E-state index >= 15 is 0 Å². The van der Waals surface area contributed by atoms with Gasteiger partial charge in [-0.1, -0.05) is 36.4 Å². The summed E-state index contributed by atoms with van der Waals surface area (Å²) in [6, 6.07) is 18.5. The van der Waals surface area contributed by atoms with E-state index in [1.165, 1.54) is 0 Å². The van der Waals surface area contributed by atoms with Crippen LogP contribution in [0.4, 0.5) is 16.2 Å². The average Bonchev–Trinajstić information content (AvgIpc) is 2.96. The van der Waals surface area contributed by atoms with Gasteiger partial charge in [0.1, 0.15) is 0 Å². The van der Waals surface area contributed by atoms with E-state index in [1.807, 2.05) is 60.7 Å². The van der Waals surface area contributed by atoms with Crippen molar-refractivity contribution < 1.29 is 9.59 Å². The number of carbonyl (C=O) groups is 2. The Morgan fingerprint density at radius 1 is 1.09 bits per heavy atom. The highest BCUT2D eigenvalue weighted by atomic mass is 16.2. The Morgan fingerprint density at radius 3 is 2.35 bits per heavy atom. The van der Waals surface area contributed by atoms with Crippen LogP contribution in [0.1, 0.15) is 6.42 Å². The Morgan fingerprint density at radius 2 is 1.70 bits per heavy atom. The molecule has 1 saturated heterocycles. The average molecular weight is 309 g/mol. The molecule has 1 aliphatic heterocycles. The number of urea groups is 1. The maximum atomic E-state index is 12.3. The van der Waals surface area contributed by atoms with Gasteiger partial charge in [-0.25, -0.2) is 4.79 Å². The van der Waals surface area contributed by atoms with Crippen LogP contribution in [-0.4, -0.2) is 31.6 Å². The lowest BCUT2D eigenvalue weighted by molar-refractivity contribution is -0.117. The molecule has 2 aromatic carbocycles. The fraction of sp³-hybridized carbons (Fsp3) is 0.222. The van der Waals surface area contributed by atoms with Crippen LogP contribution >= 0.6 is 0 Å². The number of para-hydroxylation sites is 2. The van der Waals surface area contributed by atoms with Crippen molar-refractivity contribution in [2.75, 3.05) is 23.4 Å². The molecular formula is C18H19N3O2. The van der Waals surface area contributed by atoms with Crippen molar-refractivity contribution in [3.8, 4) is 0 Å². The predicted molar refractivity (Wildman–Crippen MR) is 90.6 cm³/mol. The topological polar surface area (TPSA) is 52.7 Å². The Labute approximate surface area is 135 Å². The fourth-order valence-corrected chi connectivity index (χ4v) is 2.70. The summed E-state index contributed by atoms with van der Waals surface area (Å²) in [5.74, 6) is 0.0314. The monoisotopic (exact) mass is 309 g/mol. The lowest BCUT2D eigenvalue weighted by atomic mass is 10.2. The highest BCUT2D eigenvalue weighted by Gasteiger charge is 2.32. The molecular weight excluding hydrogens is 290 g/mol. The van der Waals surface area contributed by atoms with Crippen LogP contribution in [0.3, 0.4) is 0 Å². The Balaban J connectivity index is 1.63. The van der Waals surface area contributed by atoms with Crippen molar-refractivity contribution in [3.63, 3.8) is 0 Å². The van der Waals surface area contributed by atoms with Crippen molar-refractivity contribution in [2.45, 2.75) is 12.5 Å². The summed E-state index contributed by atoms with van der Waals surface area (Å²) in [6.45, 7) is 0.497. The van der Waals surface area contributed by atoms with E-state index in [2.05, 4.69) is 5.32 Å². The molecule has 0 spiro atoms. The molecule has 5 nitrogen and oxygen atoms in total. The zero-order chi connectivity index (χ0) is 16.2. The van der Waals surface area contributed by atoms with Crippen LogP contribution in [-0.2, 0) is 4.79 Å². The zero-order valence-electron chi connectivity index (χ0n) is 13.0. The molecule has 5 heteroatoms. The van der Waals surface area contributed by atoms with Gasteiger partial charge in [0, 0.05) is 31.4 Å². The summed E-state index contributed by atoms with van der Waals surface area (Å²) in [5, 5.41) is 2.93. The van der Waals surface area contributed by atoms with Gasteiger partial charge in [0.05, 0.1) is 6.04 Å². The van der Waals surface area contributed by atoms with Crippen molar-refractivity contribution in [1.29, 1.82) is 0 Å². The van der Waals surface area contributed by atoms with Crippen LogP contribution in [0.25, 0.3) is 0 Å². The third-order valence-electron chi connectivity index (χ3n) is 3.97. The number of carbonyl (C=O) groups excluding carboxylic acids is 2. The number of nitrogens with zero attached hydrogens (tertiary/aromatic N) is 2. The van der Waals surface area contributed by atoms with Gasteiger partial charge < -0.3 is 10.2 Å². The minimum atomic E-state index is -0.205. The molecule has 1 atom stereocenters. The van der Waals surface area contributed by atoms with Gasteiger partial charge >= 0.3 is 6.03 Å². The van der Waals surface area contributed by atoms with Gasteiger partial charge in [0.2, 0.25) is 5.91 Å². The van der Waals surface area contributed by atoms with E-state index < -0.39 is 0 Å². The smallest absolute Gasteiger partial charge is 0.321 e. The first-order valence-corrected chi connectivity index (χ1v) is 7.60. The molecule has 1 heterocycles. The van der Waals surface area contributed by atoms with Crippen LogP contribution in [0.2, 0.25) is 0 Å². The molecule has 118 valence electrons. The minimum absolute atomic E-state index is 0.0314. The van der Waals surface area contributed by atoms with Gasteiger partial charge in [-0.3, -0.25) is 9.69 Å². The van der Waals surface area contributed by atoms with E-state index in [-0.39, 0.29) is 18.0 Å². The van der Waals surface area contributed by atoms with E-state index in [1.54, 1.807) is 16.8 Å². The Hall–Kier alpha value is -2.82. The number of nitrogens with one attached hydrogen (secondary N) is 1. The molecule has 23 heavy (non-hydrogen) atoms. The third kappa shape index (κ3) is 3.34. The minimum Gasteiger partial charge on any atom is -0.333 e. The first-order chi connectivity index (χ1) is 11.1. The SMILES string of the molecule is CN(C(=O)NC1CC(=O)N(c2ccccc2)C1)c1ccccc1. The molecule has 0 bridgehead atoms. The van der Waals surface area contributed by atoms with Gasteiger partial charge in [0.25, 0.3) is 0 Å². The molecule has 1 aliphatic rings. The summed E-state index contributed by atoms with van der Waals surface area (Å²) >= 11 is 0. The number of benzene rings is 2. The molecule has 1 N–H and O–H groups in total. The highest BCUT2D eigenvalue weighted by molar-refractivity contribution is 5.98. The largest absolute Gasteiger partial charge is 0.333 e. The zero-order valence-corrected chi connectivity index (χ0v) is 13.0. The molecule has 3 amide bonds. The standard InChI is InChI=1S/C18H19N3O2/c1-20(15-8-4-2-5-9-15)18(23)19-14-12-17(22)21(13-14)16-10-6-3-7-11-16/h2-11,14H,12-13H2,1H3,(H,19,23). The number of hydrogen-bond donors (Lipinski definition) is 1. The summed E-state index contributed by atoms with van der Waals surface area (Å²) < 4.78 is 0. The van der Waals surface area contributed by atoms with Crippen LogP contribution < -0.4 is 15.1 Å². The summed E-state index contributed by atoms with van der Waals surface area (Å²) in [5.41, 5.74) is 1.68. The molecule has 1 unspecified atom stereocenters. The molecule has 1 fully saturated rings. The number of hydrogen-bond acceptors (Lipinski definition) is 2. The summed E-state index contributed by atoms with van der Waals surface area (Å²) in [7, 11) is 1.72. The van der Waals surface area contributed by atoms with Crippen molar-refractivity contribution in [2.24, 2.45) is 0 Å². The van der Waals surface area contributed by atoms with Gasteiger partial charge in [0.15, 0.2) is 0 Å². The molecule has 0 aromatic heterocycles. The quantitative estimate of drug-likeness (QED) is 0.947. The third-order valence-corrected chi connectivity index (χ3v) is 3.97. The first kappa shape index (κ1) is 15.1. The fourth-order valence-electron chi connectivity index (χ4n) is 2.70. The summed E-state index contributed by atoms with van der Waals surface area (Å²) in [4.78, 5) is 27.8. The maximum Gasteiger partial charge on any atom is 0.321 e. The van der Waals surface area contributed by atoms with Gasteiger partial charge in [-0.15, -0.1) is 0 Å². The Kier molecular flexibility index (Phi) is 4.28. The van der Waals surface area contributed by atoms with E-state index in [4.69, 9.17) is 0 Å². The predicted octanol–water partition coefficient (Wildman–Crippen LogP) is 2.64. The van der Waals surface area contributed by atoms with Gasteiger partial charge in [-0.2, -0.15) is 0 Å². The van der Waals surface area contributed by atoms with E-state index in [9.17, 15) is 9.59 Å². The first-order valence-electron chi connectivity index (χ1n) is 7.60. The maximum absolute atomic E-state index is 12.3. The van der Waals surface area contributed by atoms with E-state index in [0.29, 0.717) is 13.0 Å². The molecule has 0 aliphatic carbocycles. The lowest BCUT2D eigenvalue weighted by Gasteiger charge is -2.21. The second-order valence-corrected chi connectivity index (χ2v) is 5.58. The summed E-state index contributed by atoms with van der Waals surface area (Å²) in [6.07, 6.45) is 0.323. The van der Waals surface area contributed by atoms with Crippen molar-refractivity contribution in [1.82, 2.24) is 5.32 Å². The van der Waals surface area contributed by atoms with Crippen molar-refractivity contribution >= 4 is 23.3 Å². The Bertz CT molecular complexity index is 688. The van der Waals surface area contributed by atoms with Crippen LogP contribution in [0, 0.1) is 0 Å². The number of amides is 3. The van der Waals surface area contributed by atoms with Crippen molar-refractivity contribution in [3.05, 3.63) is 60.7 Å². The normalized spacial score (nSPS) is 17.2. The highest BCUT2D eigenvalue weighted by Crippen LogP contribution is 2.21. The number of rotatable bonds is 3. The second-order valence-electron chi connectivity index (χ2n) is 5.58. The second kappa shape index (κ2) is 6.52.